The molecule has 0 bridgehead atoms. The third-order valence-corrected chi connectivity index (χ3v) is 6.02. The molecule has 1 heterocycles. The first-order valence-corrected chi connectivity index (χ1v) is 9.94. The Balaban J connectivity index is 1.44. The van der Waals surface area contributed by atoms with Crippen molar-refractivity contribution in [2.75, 3.05) is 13.1 Å². The summed E-state index contributed by atoms with van der Waals surface area (Å²) in [4.78, 5) is 27.1. The van der Waals surface area contributed by atoms with Crippen molar-refractivity contribution in [2.24, 2.45) is 11.7 Å². The highest BCUT2D eigenvalue weighted by Crippen LogP contribution is 2.30. The normalized spacial score (nSPS) is 21.7. The van der Waals surface area contributed by atoms with Crippen LogP contribution in [0, 0.1) is 5.92 Å². The van der Waals surface area contributed by atoms with Crippen molar-refractivity contribution >= 4 is 22.6 Å². The lowest BCUT2D eigenvalue weighted by Gasteiger charge is -2.24. The molecule has 5 nitrogen and oxygen atoms in total. The highest BCUT2D eigenvalue weighted by atomic mass is 16.2. The second-order valence-electron chi connectivity index (χ2n) is 7.79. The minimum atomic E-state index is -0.271. The number of nitrogens with one attached hydrogen (secondary N) is 1. The molecule has 1 aliphatic heterocycles. The topological polar surface area (TPSA) is 75.4 Å². The number of amides is 2. The van der Waals surface area contributed by atoms with E-state index in [1.54, 1.807) is 0 Å². The number of fused-ring (bicyclic) bond motifs is 1. The molecule has 27 heavy (non-hydrogen) atoms. The van der Waals surface area contributed by atoms with Gasteiger partial charge in [-0.05, 0) is 35.2 Å². The smallest absolute Gasteiger partial charge is 0.225 e. The summed E-state index contributed by atoms with van der Waals surface area (Å²) in [5.74, 6) is -0.211. The van der Waals surface area contributed by atoms with Crippen LogP contribution in [0.15, 0.2) is 42.5 Å². The molecule has 0 radical (unpaired) electrons. The summed E-state index contributed by atoms with van der Waals surface area (Å²) >= 11 is 0. The second-order valence-corrected chi connectivity index (χ2v) is 7.79. The molecule has 3 N–H and O–H groups in total. The maximum Gasteiger partial charge on any atom is 0.225 e. The third kappa shape index (κ3) is 3.69. The first kappa shape index (κ1) is 18.0. The molecule has 1 saturated heterocycles. The molecule has 2 unspecified atom stereocenters. The van der Waals surface area contributed by atoms with Gasteiger partial charge in [-0.15, -0.1) is 0 Å². The van der Waals surface area contributed by atoms with Gasteiger partial charge >= 0.3 is 0 Å². The van der Waals surface area contributed by atoms with Gasteiger partial charge in [0.05, 0.1) is 12.0 Å². The average molecular weight is 365 g/mol. The standard InChI is InChI=1S/C22H27N3O2/c23-13-20(17-10-9-15-5-1-2-6-16(15)11-17)24-22(27)18-12-21(26)25(14-18)19-7-3-4-8-19/h1-2,5-6,9-11,18-20H,3-4,7-8,12-14,23H2,(H,24,27). The van der Waals surface area contributed by atoms with E-state index < -0.39 is 0 Å². The van der Waals surface area contributed by atoms with E-state index in [0.29, 0.717) is 25.6 Å². The van der Waals surface area contributed by atoms with Gasteiger partial charge in [0, 0.05) is 25.6 Å². The Morgan fingerprint density at radius 2 is 1.89 bits per heavy atom. The minimum absolute atomic E-state index is 0.0625. The molecule has 2 amide bonds. The maximum atomic E-state index is 12.8. The zero-order valence-electron chi connectivity index (χ0n) is 15.6. The van der Waals surface area contributed by atoms with Gasteiger partial charge in [-0.3, -0.25) is 9.59 Å². The van der Waals surface area contributed by atoms with Gasteiger partial charge < -0.3 is 16.0 Å². The predicted molar refractivity (Wildman–Crippen MR) is 106 cm³/mol. The summed E-state index contributed by atoms with van der Waals surface area (Å²) in [5.41, 5.74) is 6.96. The SMILES string of the molecule is NCC(NC(=O)C1CC(=O)N(C2CCCC2)C1)c1ccc2ccccc2c1. The fraction of sp³-hybridized carbons (Fsp3) is 0.455. The van der Waals surface area contributed by atoms with E-state index in [2.05, 4.69) is 29.6 Å². The van der Waals surface area contributed by atoms with Gasteiger partial charge in [-0.1, -0.05) is 49.2 Å². The number of hydrogen-bond acceptors (Lipinski definition) is 3. The van der Waals surface area contributed by atoms with Crippen molar-refractivity contribution in [3.05, 3.63) is 48.0 Å². The van der Waals surface area contributed by atoms with E-state index in [1.165, 1.54) is 12.8 Å². The number of likely N-dealkylation sites (tertiary alicyclic amines) is 1. The molecule has 0 aromatic heterocycles. The van der Waals surface area contributed by atoms with E-state index in [9.17, 15) is 9.59 Å². The Bertz CT molecular complexity index is 844. The Morgan fingerprint density at radius 1 is 1.15 bits per heavy atom. The summed E-state index contributed by atoms with van der Waals surface area (Å²) in [5, 5.41) is 5.37. The van der Waals surface area contributed by atoms with Gasteiger partial charge in [0.2, 0.25) is 11.8 Å². The molecule has 5 heteroatoms. The summed E-state index contributed by atoms with van der Waals surface area (Å²) in [6, 6.07) is 14.4. The largest absolute Gasteiger partial charge is 0.348 e. The van der Waals surface area contributed by atoms with Crippen molar-refractivity contribution in [1.29, 1.82) is 0 Å². The van der Waals surface area contributed by atoms with Crippen LogP contribution in [0.2, 0.25) is 0 Å². The molecule has 2 aliphatic rings. The Hall–Kier alpha value is -2.40. The van der Waals surface area contributed by atoms with Crippen molar-refractivity contribution < 1.29 is 9.59 Å². The van der Waals surface area contributed by atoms with Crippen LogP contribution in [0.4, 0.5) is 0 Å². The van der Waals surface area contributed by atoms with Gasteiger partial charge in [0.1, 0.15) is 0 Å². The van der Waals surface area contributed by atoms with Gasteiger partial charge in [-0.2, -0.15) is 0 Å². The van der Waals surface area contributed by atoms with Gasteiger partial charge in [0.15, 0.2) is 0 Å². The van der Waals surface area contributed by atoms with Crippen LogP contribution in [0.5, 0.6) is 0 Å². The monoisotopic (exact) mass is 365 g/mol. The van der Waals surface area contributed by atoms with E-state index in [4.69, 9.17) is 5.73 Å². The summed E-state index contributed by atoms with van der Waals surface area (Å²) < 4.78 is 0. The summed E-state index contributed by atoms with van der Waals surface area (Å²) in [7, 11) is 0. The molecule has 0 spiro atoms. The molecular formula is C22H27N3O2. The Labute approximate surface area is 159 Å². The number of carbonyl (C=O) groups is 2. The number of benzene rings is 2. The van der Waals surface area contributed by atoms with Crippen LogP contribution in [0.25, 0.3) is 10.8 Å². The lowest BCUT2D eigenvalue weighted by molar-refractivity contribution is -0.130. The molecule has 1 saturated carbocycles. The van der Waals surface area contributed by atoms with Crippen LogP contribution >= 0.6 is 0 Å². The lowest BCUT2D eigenvalue weighted by atomic mass is 10.0. The molecule has 1 aliphatic carbocycles. The van der Waals surface area contributed by atoms with Crippen molar-refractivity contribution in [3.63, 3.8) is 0 Å². The molecule has 2 fully saturated rings. The molecule has 2 atom stereocenters. The highest BCUT2D eigenvalue weighted by molar-refractivity contribution is 5.90. The molecule has 2 aromatic rings. The van der Waals surface area contributed by atoms with Gasteiger partial charge in [-0.25, -0.2) is 0 Å². The van der Waals surface area contributed by atoms with Crippen LogP contribution in [-0.4, -0.2) is 35.8 Å². The van der Waals surface area contributed by atoms with Gasteiger partial charge in [0.25, 0.3) is 0 Å². The summed E-state index contributed by atoms with van der Waals surface area (Å²) in [6.45, 7) is 0.876. The number of hydrogen-bond donors (Lipinski definition) is 2. The molecule has 142 valence electrons. The zero-order chi connectivity index (χ0) is 18.8. The van der Waals surface area contributed by atoms with E-state index in [0.717, 1.165) is 29.2 Å². The first-order valence-electron chi connectivity index (χ1n) is 9.94. The third-order valence-electron chi connectivity index (χ3n) is 6.02. The molecular weight excluding hydrogens is 338 g/mol. The van der Waals surface area contributed by atoms with Crippen molar-refractivity contribution in [1.82, 2.24) is 10.2 Å². The van der Waals surface area contributed by atoms with Crippen molar-refractivity contribution in [3.8, 4) is 0 Å². The quantitative estimate of drug-likeness (QED) is 0.855. The average Bonchev–Trinajstić information content (AvgIpc) is 3.35. The second kappa shape index (κ2) is 7.69. The number of carbonyl (C=O) groups excluding carboxylic acids is 2. The fourth-order valence-corrected chi connectivity index (χ4v) is 4.47. The van der Waals surface area contributed by atoms with E-state index in [-0.39, 0.29) is 23.8 Å². The Morgan fingerprint density at radius 3 is 2.63 bits per heavy atom. The number of nitrogens with two attached hydrogens (primary N) is 1. The van der Waals surface area contributed by atoms with Crippen LogP contribution in [0.1, 0.15) is 43.7 Å². The van der Waals surface area contributed by atoms with Crippen LogP contribution in [0.3, 0.4) is 0 Å². The predicted octanol–water partition coefficient (Wildman–Crippen LogP) is 2.75. The van der Waals surface area contributed by atoms with Crippen LogP contribution < -0.4 is 11.1 Å². The lowest BCUT2D eigenvalue weighted by Crippen LogP contribution is -2.39. The first-order chi connectivity index (χ1) is 13.2. The van der Waals surface area contributed by atoms with E-state index in [1.807, 2.05) is 23.1 Å². The maximum absolute atomic E-state index is 12.8. The summed E-state index contributed by atoms with van der Waals surface area (Å²) in [6.07, 6.45) is 4.83. The Kier molecular flexibility index (Phi) is 5.12. The highest BCUT2D eigenvalue weighted by Gasteiger charge is 2.39. The molecule has 4 rings (SSSR count). The number of nitrogens with zero attached hydrogens (tertiary/aromatic N) is 1. The van der Waals surface area contributed by atoms with E-state index >= 15 is 0 Å². The number of rotatable bonds is 5. The molecule has 2 aromatic carbocycles. The van der Waals surface area contributed by atoms with Crippen molar-refractivity contribution in [2.45, 2.75) is 44.2 Å². The minimum Gasteiger partial charge on any atom is -0.348 e. The van der Waals surface area contributed by atoms with Crippen LogP contribution in [-0.2, 0) is 9.59 Å². The zero-order valence-corrected chi connectivity index (χ0v) is 15.6. The fourth-order valence-electron chi connectivity index (χ4n) is 4.47.